The van der Waals surface area contributed by atoms with E-state index in [1.54, 1.807) is 0 Å². The van der Waals surface area contributed by atoms with Crippen LogP contribution in [0.1, 0.15) is 38.5 Å². The second kappa shape index (κ2) is 5.68. The predicted octanol–water partition coefficient (Wildman–Crippen LogP) is 1.05. The zero-order chi connectivity index (χ0) is 13.3. The molecule has 3 fully saturated rings. The Morgan fingerprint density at radius 1 is 1.16 bits per heavy atom. The lowest BCUT2D eigenvalue weighted by Crippen LogP contribution is -2.56. The molecule has 0 spiro atoms. The quantitative estimate of drug-likeness (QED) is 0.812. The minimum Gasteiger partial charge on any atom is -0.381 e. The fraction of sp³-hybridized carbons (Fsp3) is 1.00. The van der Waals surface area contributed by atoms with Gasteiger partial charge in [0.25, 0.3) is 0 Å². The fourth-order valence-electron chi connectivity index (χ4n) is 4.38. The summed E-state index contributed by atoms with van der Waals surface area (Å²) in [6, 6.07) is 1.56. The molecule has 0 aromatic carbocycles. The summed E-state index contributed by atoms with van der Waals surface area (Å²) in [6.45, 7) is 5.03. The molecule has 19 heavy (non-hydrogen) atoms. The van der Waals surface area contributed by atoms with Crippen LogP contribution in [0.3, 0.4) is 0 Å². The van der Waals surface area contributed by atoms with Crippen LogP contribution in [-0.4, -0.2) is 67.3 Å². The molecule has 0 aromatic rings. The Morgan fingerprint density at radius 3 is 2.84 bits per heavy atom. The van der Waals surface area contributed by atoms with Crippen LogP contribution >= 0.6 is 0 Å². The van der Waals surface area contributed by atoms with Gasteiger partial charge < -0.3 is 10.5 Å². The molecule has 4 nitrogen and oxygen atoms in total. The molecule has 3 saturated heterocycles. The molecule has 2 N–H and O–H groups in total. The predicted molar refractivity (Wildman–Crippen MR) is 77.2 cm³/mol. The summed E-state index contributed by atoms with van der Waals surface area (Å²) in [4.78, 5) is 5.35. The van der Waals surface area contributed by atoms with Gasteiger partial charge in [0.15, 0.2) is 0 Å². The van der Waals surface area contributed by atoms with Gasteiger partial charge in [0.2, 0.25) is 0 Å². The van der Waals surface area contributed by atoms with E-state index in [0.29, 0.717) is 0 Å². The highest BCUT2D eigenvalue weighted by atomic mass is 16.5. The second-order valence-corrected chi connectivity index (χ2v) is 6.68. The molecule has 3 heterocycles. The van der Waals surface area contributed by atoms with Gasteiger partial charge in [-0.25, -0.2) is 0 Å². The molecular formula is C15H29N3O. The standard InChI is InChI=1S/C15H29N3O/c1-17-13-3-4-14(17)11-18(8-5-13)15(12-16)6-2-9-19-10-7-15/h13-14H,2-12,16H2,1H3. The first-order chi connectivity index (χ1) is 9.25. The maximum Gasteiger partial charge on any atom is 0.0484 e. The Hall–Kier alpha value is -0.160. The van der Waals surface area contributed by atoms with Gasteiger partial charge in [-0.15, -0.1) is 0 Å². The molecule has 0 aromatic heterocycles. The third-order valence-electron chi connectivity index (χ3n) is 5.84. The minimum absolute atomic E-state index is 0.210. The van der Waals surface area contributed by atoms with Crippen LogP contribution in [0.5, 0.6) is 0 Å². The summed E-state index contributed by atoms with van der Waals surface area (Å²) in [5.74, 6) is 0. The van der Waals surface area contributed by atoms with Crippen molar-refractivity contribution in [1.29, 1.82) is 0 Å². The fourth-order valence-corrected chi connectivity index (χ4v) is 4.38. The highest BCUT2D eigenvalue weighted by Gasteiger charge is 2.42. The lowest BCUT2D eigenvalue weighted by Gasteiger charge is -2.44. The van der Waals surface area contributed by atoms with Gasteiger partial charge in [-0.05, 0) is 45.6 Å². The van der Waals surface area contributed by atoms with Crippen molar-refractivity contribution >= 4 is 0 Å². The third-order valence-corrected chi connectivity index (χ3v) is 5.84. The number of ether oxygens (including phenoxy) is 1. The van der Waals surface area contributed by atoms with E-state index in [0.717, 1.165) is 44.7 Å². The highest BCUT2D eigenvalue weighted by Crippen LogP contribution is 2.34. The maximum atomic E-state index is 6.21. The van der Waals surface area contributed by atoms with Gasteiger partial charge >= 0.3 is 0 Å². The summed E-state index contributed by atoms with van der Waals surface area (Å²) >= 11 is 0. The number of fused-ring (bicyclic) bond motifs is 2. The molecule has 3 rings (SSSR count). The van der Waals surface area contributed by atoms with Gasteiger partial charge in [0.05, 0.1) is 0 Å². The van der Waals surface area contributed by atoms with E-state index in [-0.39, 0.29) is 5.54 Å². The van der Waals surface area contributed by atoms with Gasteiger partial charge in [0, 0.05) is 50.5 Å². The normalized spacial score (nSPS) is 42.0. The maximum absolute atomic E-state index is 6.21. The Labute approximate surface area is 117 Å². The number of likely N-dealkylation sites (N-methyl/N-ethyl adjacent to an activating group) is 1. The Bertz CT molecular complexity index is 302. The summed E-state index contributed by atoms with van der Waals surface area (Å²) < 4.78 is 5.66. The van der Waals surface area contributed by atoms with E-state index in [1.165, 1.54) is 38.8 Å². The summed E-state index contributed by atoms with van der Waals surface area (Å²) in [5, 5.41) is 0. The van der Waals surface area contributed by atoms with Crippen molar-refractivity contribution in [3.63, 3.8) is 0 Å². The molecule has 0 amide bonds. The number of hydrogen-bond donors (Lipinski definition) is 1. The zero-order valence-electron chi connectivity index (χ0n) is 12.3. The van der Waals surface area contributed by atoms with E-state index >= 15 is 0 Å². The van der Waals surface area contributed by atoms with Crippen molar-refractivity contribution in [1.82, 2.24) is 9.80 Å². The number of likely N-dealkylation sites (tertiary alicyclic amines) is 1. The van der Waals surface area contributed by atoms with Gasteiger partial charge in [-0.3, -0.25) is 9.80 Å². The van der Waals surface area contributed by atoms with Crippen molar-refractivity contribution in [3.05, 3.63) is 0 Å². The van der Waals surface area contributed by atoms with Gasteiger partial charge in [-0.1, -0.05) is 0 Å². The molecule has 3 atom stereocenters. The van der Waals surface area contributed by atoms with Crippen molar-refractivity contribution in [2.45, 2.75) is 56.1 Å². The Kier molecular flexibility index (Phi) is 4.13. The molecule has 0 saturated carbocycles. The lowest BCUT2D eigenvalue weighted by molar-refractivity contribution is 0.0590. The van der Waals surface area contributed by atoms with Gasteiger partial charge in [0.1, 0.15) is 0 Å². The van der Waals surface area contributed by atoms with E-state index in [2.05, 4.69) is 16.8 Å². The molecule has 2 bridgehead atoms. The topological polar surface area (TPSA) is 41.7 Å². The second-order valence-electron chi connectivity index (χ2n) is 6.68. The van der Waals surface area contributed by atoms with Crippen molar-refractivity contribution in [2.75, 3.05) is 39.9 Å². The highest BCUT2D eigenvalue weighted by molar-refractivity contribution is 4.99. The number of nitrogens with two attached hydrogens (primary N) is 1. The number of nitrogens with zero attached hydrogens (tertiary/aromatic N) is 2. The summed E-state index contributed by atoms with van der Waals surface area (Å²) in [7, 11) is 2.32. The monoisotopic (exact) mass is 267 g/mol. The molecule has 110 valence electrons. The van der Waals surface area contributed by atoms with Crippen molar-refractivity contribution in [3.8, 4) is 0 Å². The largest absolute Gasteiger partial charge is 0.381 e. The van der Waals surface area contributed by atoms with Crippen molar-refractivity contribution < 1.29 is 4.74 Å². The number of rotatable bonds is 2. The van der Waals surface area contributed by atoms with Crippen LogP contribution in [0.15, 0.2) is 0 Å². The van der Waals surface area contributed by atoms with Crippen LogP contribution in [0.4, 0.5) is 0 Å². The average Bonchev–Trinajstić information content (AvgIpc) is 2.60. The van der Waals surface area contributed by atoms with Crippen LogP contribution in [0.2, 0.25) is 0 Å². The molecule has 3 aliphatic heterocycles. The Balaban J connectivity index is 1.75. The van der Waals surface area contributed by atoms with Crippen LogP contribution < -0.4 is 5.73 Å². The van der Waals surface area contributed by atoms with E-state index in [9.17, 15) is 0 Å². The van der Waals surface area contributed by atoms with Crippen LogP contribution in [0, 0.1) is 0 Å². The lowest BCUT2D eigenvalue weighted by atomic mass is 9.87. The van der Waals surface area contributed by atoms with E-state index < -0.39 is 0 Å². The van der Waals surface area contributed by atoms with E-state index in [1.807, 2.05) is 0 Å². The molecule has 0 aliphatic carbocycles. The molecular weight excluding hydrogens is 238 g/mol. The van der Waals surface area contributed by atoms with E-state index in [4.69, 9.17) is 10.5 Å². The number of hydrogen-bond acceptors (Lipinski definition) is 4. The van der Waals surface area contributed by atoms with Crippen LogP contribution in [-0.2, 0) is 4.74 Å². The summed E-state index contributed by atoms with van der Waals surface area (Å²) in [5.41, 5.74) is 6.42. The Morgan fingerprint density at radius 2 is 2.00 bits per heavy atom. The first-order valence-corrected chi connectivity index (χ1v) is 8.00. The van der Waals surface area contributed by atoms with Crippen molar-refractivity contribution in [2.24, 2.45) is 5.73 Å². The molecule has 3 aliphatic rings. The SMILES string of the molecule is CN1C2CCC1CN(C1(CN)CCCOCC1)CC2. The molecule has 3 unspecified atom stereocenters. The van der Waals surface area contributed by atoms with Crippen LogP contribution in [0.25, 0.3) is 0 Å². The first kappa shape index (κ1) is 13.8. The average molecular weight is 267 g/mol. The van der Waals surface area contributed by atoms with Gasteiger partial charge in [-0.2, -0.15) is 0 Å². The summed E-state index contributed by atoms with van der Waals surface area (Å²) in [6.07, 6.45) is 7.57. The first-order valence-electron chi connectivity index (χ1n) is 8.00. The molecule has 4 heteroatoms. The molecule has 0 radical (unpaired) electrons. The third kappa shape index (κ3) is 2.56. The minimum atomic E-state index is 0.210. The smallest absolute Gasteiger partial charge is 0.0484 e. The zero-order valence-corrected chi connectivity index (χ0v) is 12.3.